The van der Waals surface area contributed by atoms with Crippen molar-refractivity contribution in [1.29, 1.82) is 0 Å². The number of aliphatic hydroxyl groups is 3. The van der Waals surface area contributed by atoms with Crippen molar-refractivity contribution >= 4 is 0 Å². The summed E-state index contributed by atoms with van der Waals surface area (Å²) in [5.74, 6) is 0.0881. The zero-order valence-corrected chi connectivity index (χ0v) is 14.9. The molecule has 4 unspecified atom stereocenters. The molecular weight excluding hydrogens is 356 g/mol. The fourth-order valence-electron chi connectivity index (χ4n) is 2.88. The van der Waals surface area contributed by atoms with E-state index in [1.54, 1.807) is 32.0 Å². The molecule has 1 aliphatic heterocycles. The molecule has 0 aliphatic carbocycles. The normalized spacial score (nSPS) is 24.8. The number of benzene rings is 2. The standard InChI is InChI=1S/C19H22O8/c1-9-3-11(21)7-12(4-9)25-13-5-10(2)6-14(16(13)22)26-19-18(24)17(23)15(8-20)27-19/h3-7,15,17-24H,8H2,1-2H3. The minimum absolute atomic E-state index is 0.0169. The lowest BCUT2D eigenvalue weighted by molar-refractivity contribution is -0.117. The second-order valence-electron chi connectivity index (χ2n) is 6.54. The van der Waals surface area contributed by atoms with E-state index in [4.69, 9.17) is 19.3 Å². The average molecular weight is 378 g/mol. The number of aryl methyl sites for hydroxylation is 2. The number of rotatable bonds is 5. The monoisotopic (exact) mass is 378 g/mol. The number of phenolic OH excluding ortho intramolecular Hbond substituents is 2. The van der Waals surface area contributed by atoms with Crippen LogP contribution in [-0.4, -0.2) is 56.7 Å². The molecule has 1 fully saturated rings. The van der Waals surface area contributed by atoms with Crippen LogP contribution in [0.2, 0.25) is 0 Å². The van der Waals surface area contributed by atoms with Crippen LogP contribution in [0.1, 0.15) is 11.1 Å². The topological polar surface area (TPSA) is 129 Å². The predicted octanol–water partition coefficient (Wildman–Crippen LogP) is 1.32. The summed E-state index contributed by atoms with van der Waals surface area (Å²) in [6.07, 6.45) is -4.94. The van der Waals surface area contributed by atoms with Gasteiger partial charge in [0.15, 0.2) is 11.5 Å². The van der Waals surface area contributed by atoms with E-state index < -0.39 is 31.2 Å². The first-order valence-corrected chi connectivity index (χ1v) is 8.39. The first-order valence-electron chi connectivity index (χ1n) is 8.39. The van der Waals surface area contributed by atoms with Crippen LogP contribution >= 0.6 is 0 Å². The third kappa shape index (κ3) is 4.09. The summed E-state index contributed by atoms with van der Waals surface area (Å²) in [6, 6.07) is 7.76. The summed E-state index contributed by atoms with van der Waals surface area (Å²) in [7, 11) is 0. The predicted molar refractivity (Wildman–Crippen MR) is 94.2 cm³/mol. The van der Waals surface area contributed by atoms with E-state index in [-0.39, 0.29) is 23.0 Å². The van der Waals surface area contributed by atoms with Gasteiger partial charge in [-0.25, -0.2) is 0 Å². The summed E-state index contributed by atoms with van der Waals surface area (Å²) in [5, 5.41) is 49.1. The van der Waals surface area contributed by atoms with Gasteiger partial charge < -0.3 is 39.7 Å². The second-order valence-corrected chi connectivity index (χ2v) is 6.54. The van der Waals surface area contributed by atoms with Crippen LogP contribution in [0.5, 0.6) is 28.7 Å². The lowest BCUT2D eigenvalue weighted by Crippen LogP contribution is -2.35. The molecule has 3 rings (SSSR count). The molecule has 0 spiro atoms. The molecule has 0 amide bonds. The second kappa shape index (κ2) is 7.61. The molecule has 8 nitrogen and oxygen atoms in total. The van der Waals surface area contributed by atoms with Crippen LogP contribution in [0.25, 0.3) is 0 Å². The van der Waals surface area contributed by atoms with Gasteiger partial charge in [0.25, 0.3) is 0 Å². The zero-order valence-electron chi connectivity index (χ0n) is 14.9. The number of ether oxygens (including phenoxy) is 3. The van der Waals surface area contributed by atoms with Gasteiger partial charge in [-0.15, -0.1) is 0 Å². The molecule has 2 aromatic carbocycles. The molecule has 2 aromatic rings. The Balaban J connectivity index is 1.85. The molecule has 0 saturated carbocycles. The van der Waals surface area contributed by atoms with Crippen LogP contribution < -0.4 is 9.47 Å². The minimum Gasteiger partial charge on any atom is -0.508 e. The van der Waals surface area contributed by atoms with Gasteiger partial charge >= 0.3 is 0 Å². The van der Waals surface area contributed by atoms with E-state index in [0.717, 1.165) is 5.56 Å². The summed E-state index contributed by atoms with van der Waals surface area (Å²) in [4.78, 5) is 0. The van der Waals surface area contributed by atoms with Gasteiger partial charge in [0.05, 0.1) is 6.61 Å². The number of aromatic hydroxyl groups is 2. The lowest BCUT2D eigenvalue weighted by atomic mass is 10.1. The van der Waals surface area contributed by atoms with Crippen LogP contribution in [0.15, 0.2) is 30.3 Å². The number of hydrogen-bond donors (Lipinski definition) is 5. The molecular formula is C19H22O8. The van der Waals surface area contributed by atoms with Crippen molar-refractivity contribution in [2.45, 2.75) is 38.4 Å². The Hall–Kier alpha value is -2.52. The smallest absolute Gasteiger partial charge is 0.229 e. The van der Waals surface area contributed by atoms with Gasteiger partial charge in [0.2, 0.25) is 12.0 Å². The molecule has 0 radical (unpaired) electrons. The van der Waals surface area contributed by atoms with Crippen molar-refractivity contribution in [2.75, 3.05) is 6.61 Å². The van der Waals surface area contributed by atoms with Crippen molar-refractivity contribution in [1.82, 2.24) is 0 Å². The fraction of sp³-hybridized carbons (Fsp3) is 0.368. The van der Waals surface area contributed by atoms with E-state index in [2.05, 4.69) is 0 Å². The number of aliphatic hydroxyl groups excluding tert-OH is 3. The Labute approximate surface area is 155 Å². The van der Waals surface area contributed by atoms with E-state index in [0.29, 0.717) is 11.3 Å². The number of phenols is 2. The summed E-state index contributed by atoms with van der Waals surface area (Å²) >= 11 is 0. The molecule has 8 heteroatoms. The molecule has 27 heavy (non-hydrogen) atoms. The van der Waals surface area contributed by atoms with Gasteiger partial charge in [-0.05, 0) is 49.2 Å². The average Bonchev–Trinajstić information content (AvgIpc) is 2.86. The Morgan fingerprint density at radius 2 is 1.59 bits per heavy atom. The molecule has 5 N–H and O–H groups in total. The van der Waals surface area contributed by atoms with Crippen LogP contribution in [0, 0.1) is 13.8 Å². The van der Waals surface area contributed by atoms with Gasteiger partial charge in [0, 0.05) is 6.07 Å². The maximum atomic E-state index is 10.5. The Kier molecular flexibility index (Phi) is 5.43. The van der Waals surface area contributed by atoms with Crippen molar-refractivity contribution in [2.24, 2.45) is 0 Å². The van der Waals surface area contributed by atoms with E-state index in [1.165, 1.54) is 12.1 Å². The lowest BCUT2D eigenvalue weighted by Gasteiger charge is -2.19. The summed E-state index contributed by atoms with van der Waals surface area (Å²) < 4.78 is 16.4. The van der Waals surface area contributed by atoms with Gasteiger partial charge in [0.1, 0.15) is 29.8 Å². The fourth-order valence-corrected chi connectivity index (χ4v) is 2.88. The SMILES string of the molecule is Cc1cc(O)cc(Oc2cc(C)cc(OC3OC(CO)C(O)C3O)c2O)c1. The molecule has 0 aromatic heterocycles. The number of hydrogen-bond acceptors (Lipinski definition) is 8. The van der Waals surface area contributed by atoms with Crippen molar-refractivity contribution in [3.63, 3.8) is 0 Å². The Bertz CT molecular complexity index is 801. The molecule has 4 atom stereocenters. The van der Waals surface area contributed by atoms with E-state index in [9.17, 15) is 20.4 Å². The van der Waals surface area contributed by atoms with Gasteiger partial charge in [-0.2, -0.15) is 0 Å². The highest BCUT2D eigenvalue weighted by Gasteiger charge is 2.44. The third-order valence-corrected chi connectivity index (χ3v) is 4.19. The molecule has 1 aliphatic rings. The zero-order chi connectivity index (χ0) is 19.7. The molecule has 146 valence electrons. The van der Waals surface area contributed by atoms with Crippen molar-refractivity contribution < 1.29 is 39.7 Å². The minimum atomic E-state index is -1.39. The maximum absolute atomic E-state index is 10.5. The van der Waals surface area contributed by atoms with Crippen molar-refractivity contribution in [3.05, 3.63) is 41.5 Å². The highest BCUT2D eigenvalue weighted by Crippen LogP contribution is 2.41. The van der Waals surface area contributed by atoms with Crippen LogP contribution in [-0.2, 0) is 4.74 Å². The van der Waals surface area contributed by atoms with Gasteiger partial charge in [-0.3, -0.25) is 0 Å². The van der Waals surface area contributed by atoms with Crippen LogP contribution in [0.3, 0.4) is 0 Å². The van der Waals surface area contributed by atoms with Crippen molar-refractivity contribution in [3.8, 4) is 28.7 Å². The Morgan fingerprint density at radius 1 is 0.926 bits per heavy atom. The van der Waals surface area contributed by atoms with Crippen LogP contribution in [0.4, 0.5) is 0 Å². The quantitative estimate of drug-likeness (QED) is 0.527. The summed E-state index contributed by atoms with van der Waals surface area (Å²) in [6.45, 7) is 3.06. The first-order chi connectivity index (χ1) is 12.8. The first kappa shape index (κ1) is 19.2. The van der Waals surface area contributed by atoms with E-state index in [1.807, 2.05) is 0 Å². The highest BCUT2D eigenvalue weighted by atomic mass is 16.7. The van der Waals surface area contributed by atoms with Gasteiger partial charge in [-0.1, -0.05) is 0 Å². The Morgan fingerprint density at radius 3 is 2.22 bits per heavy atom. The molecule has 1 heterocycles. The third-order valence-electron chi connectivity index (χ3n) is 4.19. The maximum Gasteiger partial charge on any atom is 0.229 e. The highest BCUT2D eigenvalue weighted by molar-refractivity contribution is 5.54. The summed E-state index contributed by atoms with van der Waals surface area (Å²) in [5.41, 5.74) is 1.47. The molecule has 1 saturated heterocycles. The molecule has 0 bridgehead atoms. The largest absolute Gasteiger partial charge is 0.508 e. The van der Waals surface area contributed by atoms with E-state index >= 15 is 0 Å².